The van der Waals surface area contributed by atoms with Crippen LogP contribution in [0.3, 0.4) is 0 Å². The zero-order valence-corrected chi connectivity index (χ0v) is 13.2. The maximum atomic E-state index is 11.4. The monoisotopic (exact) mass is 329 g/mol. The highest BCUT2D eigenvalue weighted by Crippen LogP contribution is 2.22. The van der Waals surface area contributed by atoms with Gasteiger partial charge in [0, 0.05) is 17.5 Å². The Labute approximate surface area is 136 Å². The smallest absolute Gasteiger partial charge is 0.336 e. The molecule has 1 aromatic carbocycles. The van der Waals surface area contributed by atoms with Crippen LogP contribution in [-0.2, 0) is 22.7 Å². The molecule has 0 aliphatic heterocycles. The molecule has 0 radical (unpaired) electrons. The van der Waals surface area contributed by atoms with Gasteiger partial charge in [-0.05, 0) is 24.6 Å². The van der Waals surface area contributed by atoms with E-state index in [2.05, 4.69) is 15.0 Å². The Morgan fingerprint density at radius 3 is 2.96 bits per heavy atom. The van der Waals surface area contributed by atoms with E-state index in [-0.39, 0.29) is 13.2 Å². The van der Waals surface area contributed by atoms with Gasteiger partial charge in [0.05, 0.1) is 13.3 Å². The lowest BCUT2D eigenvalue weighted by molar-refractivity contribution is -0.141. The van der Waals surface area contributed by atoms with Crippen molar-refractivity contribution >= 4 is 16.9 Å². The summed E-state index contributed by atoms with van der Waals surface area (Å²) in [6.45, 7) is 2.01. The second kappa shape index (κ2) is 6.53. The van der Waals surface area contributed by atoms with Crippen molar-refractivity contribution in [1.82, 2.24) is 15.0 Å². The van der Waals surface area contributed by atoms with E-state index in [0.717, 1.165) is 10.9 Å². The van der Waals surface area contributed by atoms with Crippen LogP contribution in [-0.4, -0.2) is 28.1 Å². The van der Waals surface area contributed by atoms with Crippen LogP contribution in [0.5, 0.6) is 5.75 Å². The van der Waals surface area contributed by atoms with Crippen LogP contribution < -0.4 is 10.4 Å². The van der Waals surface area contributed by atoms with Gasteiger partial charge >= 0.3 is 11.6 Å². The fraction of sp³-hybridized carbons (Fsp3) is 0.250. The van der Waals surface area contributed by atoms with Gasteiger partial charge in [-0.2, -0.15) is 0 Å². The first-order valence-corrected chi connectivity index (χ1v) is 7.18. The minimum absolute atomic E-state index is 0.0100. The largest absolute Gasteiger partial charge is 0.487 e. The Hall–Kier alpha value is -3.16. The van der Waals surface area contributed by atoms with Crippen molar-refractivity contribution in [2.75, 3.05) is 7.11 Å². The highest BCUT2D eigenvalue weighted by atomic mass is 16.5. The van der Waals surface area contributed by atoms with E-state index in [9.17, 15) is 9.59 Å². The molecule has 0 aliphatic rings. The molecule has 8 nitrogen and oxygen atoms in total. The number of carbonyl (C=O) groups is 1. The zero-order valence-electron chi connectivity index (χ0n) is 13.2. The van der Waals surface area contributed by atoms with E-state index in [0.29, 0.717) is 17.0 Å². The van der Waals surface area contributed by atoms with Crippen LogP contribution in [0.2, 0.25) is 0 Å². The lowest BCUT2D eigenvalue weighted by Gasteiger charge is -2.06. The fourth-order valence-corrected chi connectivity index (χ4v) is 2.23. The second-order valence-electron chi connectivity index (χ2n) is 5.18. The molecule has 2 heterocycles. The first kappa shape index (κ1) is 15.7. The number of hydrogen-bond donors (Lipinski definition) is 0. The lowest BCUT2D eigenvalue weighted by atomic mass is 10.1. The minimum Gasteiger partial charge on any atom is -0.487 e. The first-order chi connectivity index (χ1) is 11.5. The van der Waals surface area contributed by atoms with E-state index in [1.54, 1.807) is 18.3 Å². The average Bonchev–Trinajstić information content (AvgIpc) is 2.99. The molecule has 0 saturated heterocycles. The molecule has 0 N–H and O–H groups in total. The highest BCUT2D eigenvalue weighted by molar-refractivity contribution is 5.81. The van der Waals surface area contributed by atoms with Gasteiger partial charge in [0.1, 0.15) is 30.2 Å². The number of ether oxygens (including phenoxy) is 2. The van der Waals surface area contributed by atoms with Crippen molar-refractivity contribution in [2.24, 2.45) is 0 Å². The third kappa shape index (κ3) is 3.43. The van der Waals surface area contributed by atoms with Crippen LogP contribution in [0, 0.1) is 6.92 Å². The summed E-state index contributed by atoms with van der Waals surface area (Å²) < 4.78 is 16.7. The molecule has 0 fully saturated rings. The molecule has 0 bridgehead atoms. The van der Waals surface area contributed by atoms with Crippen molar-refractivity contribution in [3.63, 3.8) is 0 Å². The van der Waals surface area contributed by atoms with Crippen molar-refractivity contribution in [1.29, 1.82) is 0 Å². The number of carbonyl (C=O) groups excluding carboxylic acids is 1. The molecule has 3 rings (SSSR count). The molecule has 124 valence electrons. The number of fused-ring (bicyclic) bond motifs is 1. The van der Waals surface area contributed by atoms with Gasteiger partial charge in [-0.25, -0.2) is 9.48 Å². The Morgan fingerprint density at radius 1 is 1.33 bits per heavy atom. The molecular weight excluding hydrogens is 314 g/mol. The van der Waals surface area contributed by atoms with Crippen LogP contribution in [0.4, 0.5) is 0 Å². The van der Waals surface area contributed by atoms with Gasteiger partial charge in [0.15, 0.2) is 0 Å². The van der Waals surface area contributed by atoms with Gasteiger partial charge in [-0.15, -0.1) is 5.10 Å². The number of hydrogen-bond acceptors (Lipinski definition) is 7. The molecule has 0 unspecified atom stereocenters. The number of aromatic nitrogens is 3. The summed E-state index contributed by atoms with van der Waals surface area (Å²) in [6, 6.07) is 6.72. The number of methoxy groups -OCH3 is 1. The van der Waals surface area contributed by atoms with Crippen LogP contribution in [0.1, 0.15) is 11.3 Å². The Morgan fingerprint density at radius 2 is 2.17 bits per heavy atom. The van der Waals surface area contributed by atoms with Crippen molar-refractivity contribution in [3.8, 4) is 5.75 Å². The molecule has 0 atom stereocenters. The summed E-state index contributed by atoms with van der Waals surface area (Å²) in [6.07, 6.45) is 1.60. The molecule has 0 aliphatic carbocycles. The molecule has 0 amide bonds. The summed E-state index contributed by atoms with van der Waals surface area (Å²) in [7, 11) is 1.31. The molecule has 3 aromatic rings. The van der Waals surface area contributed by atoms with Crippen molar-refractivity contribution in [3.05, 3.63) is 52.1 Å². The SMILES string of the molecule is COC(=O)Cn1cc(COc2ccc3c(C)cc(=O)oc3c2)nn1. The van der Waals surface area contributed by atoms with Gasteiger partial charge in [-0.3, -0.25) is 4.79 Å². The van der Waals surface area contributed by atoms with Gasteiger partial charge in [0.25, 0.3) is 0 Å². The maximum Gasteiger partial charge on any atom is 0.336 e. The van der Waals surface area contributed by atoms with Gasteiger partial charge in [-0.1, -0.05) is 5.21 Å². The Balaban J connectivity index is 1.71. The number of rotatable bonds is 5. The Kier molecular flexibility index (Phi) is 4.28. The average molecular weight is 329 g/mol. The van der Waals surface area contributed by atoms with E-state index in [4.69, 9.17) is 9.15 Å². The number of aryl methyl sites for hydroxylation is 1. The molecule has 0 saturated carbocycles. The number of esters is 1. The molecule has 0 spiro atoms. The van der Waals surface area contributed by atoms with Crippen LogP contribution in [0.15, 0.2) is 39.7 Å². The summed E-state index contributed by atoms with van der Waals surface area (Å²) in [4.78, 5) is 22.6. The normalized spacial score (nSPS) is 10.8. The zero-order chi connectivity index (χ0) is 17.1. The number of benzene rings is 1. The van der Waals surface area contributed by atoms with Gasteiger partial charge in [0.2, 0.25) is 0 Å². The minimum atomic E-state index is -0.410. The fourth-order valence-electron chi connectivity index (χ4n) is 2.23. The summed E-state index contributed by atoms with van der Waals surface area (Å²) in [5.41, 5.74) is 1.47. The number of nitrogens with zero attached hydrogens (tertiary/aromatic N) is 3. The second-order valence-corrected chi connectivity index (χ2v) is 5.18. The lowest BCUT2D eigenvalue weighted by Crippen LogP contribution is -2.11. The van der Waals surface area contributed by atoms with E-state index in [1.165, 1.54) is 17.9 Å². The maximum absolute atomic E-state index is 11.4. The summed E-state index contributed by atoms with van der Waals surface area (Å²) >= 11 is 0. The molecule has 2 aromatic heterocycles. The van der Waals surface area contributed by atoms with Gasteiger partial charge < -0.3 is 13.9 Å². The van der Waals surface area contributed by atoms with E-state index >= 15 is 0 Å². The van der Waals surface area contributed by atoms with E-state index < -0.39 is 11.6 Å². The highest BCUT2D eigenvalue weighted by Gasteiger charge is 2.08. The molecular formula is C16H15N3O5. The quantitative estimate of drug-likeness (QED) is 0.516. The van der Waals surface area contributed by atoms with Crippen molar-refractivity contribution < 1.29 is 18.7 Å². The predicted octanol–water partition coefficient (Wildman–Crippen LogP) is 1.44. The van der Waals surface area contributed by atoms with Crippen molar-refractivity contribution in [2.45, 2.75) is 20.1 Å². The standard InChI is InChI=1S/C16H15N3O5/c1-10-5-15(20)24-14-6-12(3-4-13(10)14)23-9-11-7-19(18-17-11)8-16(21)22-2/h3-7H,8-9H2,1-2H3. The third-order valence-corrected chi connectivity index (χ3v) is 3.41. The predicted molar refractivity (Wildman–Crippen MR) is 83.6 cm³/mol. The van der Waals surface area contributed by atoms with E-state index in [1.807, 2.05) is 13.0 Å². The van der Waals surface area contributed by atoms with Crippen LogP contribution >= 0.6 is 0 Å². The summed E-state index contributed by atoms with van der Waals surface area (Å²) in [5, 5.41) is 8.58. The van der Waals surface area contributed by atoms with Crippen LogP contribution in [0.25, 0.3) is 11.0 Å². The first-order valence-electron chi connectivity index (χ1n) is 7.18. The molecule has 24 heavy (non-hydrogen) atoms. The molecule has 8 heteroatoms. The third-order valence-electron chi connectivity index (χ3n) is 3.41. The topological polar surface area (TPSA) is 96.5 Å². The summed E-state index contributed by atoms with van der Waals surface area (Å²) in [5.74, 6) is 0.131. The Bertz CT molecular complexity index is 944.